The number of aromatic nitrogens is 1. The van der Waals surface area contributed by atoms with Crippen molar-refractivity contribution in [2.75, 3.05) is 0 Å². The zero-order valence-electron chi connectivity index (χ0n) is 10.1. The number of sulfonamides is 1. The number of thiophene rings is 1. The molecule has 0 saturated carbocycles. The normalized spacial score (nSPS) is 11.9. The van der Waals surface area contributed by atoms with Crippen molar-refractivity contribution in [3.8, 4) is 0 Å². The lowest BCUT2D eigenvalue weighted by molar-refractivity contribution is 0.583. The van der Waals surface area contributed by atoms with Crippen LogP contribution in [0.5, 0.6) is 0 Å². The van der Waals surface area contributed by atoms with Crippen LogP contribution < -0.4 is 4.72 Å². The summed E-state index contributed by atoms with van der Waals surface area (Å²) in [5.41, 5.74) is 1.00. The van der Waals surface area contributed by atoms with Crippen molar-refractivity contribution in [2.24, 2.45) is 0 Å². The van der Waals surface area contributed by atoms with E-state index in [1.54, 1.807) is 12.1 Å². The molecule has 1 N–H and O–H groups in total. The molecule has 0 aliphatic rings. The molecule has 0 unspecified atom stereocenters. The third kappa shape index (κ3) is 3.17. The summed E-state index contributed by atoms with van der Waals surface area (Å²) < 4.78 is 26.9. The largest absolute Gasteiger partial charge is 0.250 e. The smallest absolute Gasteiger partial charge is 0.245 e. The Morgan fingerprint density at radius 1 is 1.39 bits per heavy atom. The SMILES string of the molecule is CCc1csc(CNS(=O)(=O)c2ccc(C)s2)n1. The van der Waals surface area contributed by atoms with Crippen LogP contribution in [0.4, 0.5) is 0 Å². The molecule has 4 nitrogen and oxygen atoms in total. The molecule has 0 saturated heterocycles. The summed E-state index contributed by atoms with van der Waals surface area (Å²) in [5, 5.41) is 2.75. The number of hydrogen-bond donors (Lipinski definition) is 1. The van der Waals surface area contributed by atoms with Crippen molar-refractivity contribution in [2.45, 2.75) is 31.0 Å². The molecule has 0 radical (unpaired) electrons. The Hall–Kier alpha value is -0.760. The van der Waals surface area contributed by atoms with Gasteiger partial charge in [0.15, 0.2) is 0 Å². The maximum absolute atomic E-state index is 12.0. The van der Waals surface area contributed by atoms with Crippen LogP contribution in [0.25, 0.3) is 0 Å². The lowest BCUT2D eigenvalue weighted by Crippen LogP contribution is -2.22. The number of thiazole rings is 1. The van der Waals surface area contributed by atoms with Crippen molar-refractivity contribution in [1.29, 1.82) is 0 Å². The molecule has 2 aromatic rings. The van der Waals surface area contributed by atoms with Gasteiger partial charge in [0.1, 0.15) is 9.22 Å². The molecule has 0 aliphatic heterocycles. The minimum absolute atomic E-state index is 0.254. The third-order valence-corrected chi connectivity index (χ3v) is 6.15. The Morgan fingerprint density at radius 2 is 2.17 bits per heavy atom. The van der Waals surface area contributed by atoms with Crippen molar-refractivity contribution in [3.05, 3.63) is 33.1 Å². The first-order valence-electron chi connectivity index (χ1n) is 5.50. The predicted molar refractivity (Wildman–Crippen MR) is 74.6 cm³/mol. The number of aryl methyl sites for hydroxylation is 2. The summed E-state index contributed by atoms with van der Waals surface area (Å²) in [7, 11) is -3.40. The fourth-order valence-corrected chi connectivity index (χ4v) is 4.60. The molecular weight excluding hydrogens is 288 g/mol. The van der Waals surface area contributed by atoms with Crippen LogP contribution in [-0.2, 0) is 23.0 Å². The van der Waals surface area contributed by atoms with Gasteiger partial charge in [0.2, 0.25) is 10.0 Å². The van der Waals surface area contributed by atoms with Crippen LogP contribution in [0.3, 0.4) is 0 Å². The molecular formula is C11H14N2O2S3. The highest BCUT2D eigenvalue weighted by Crippen LogP contribution is 2.20. The zero-order valence-corrected chi connectivity index (χ0v) is 12.6. The van der Waals surface area contributed by atoms with E-state index in [0.717, 1.165) is 22.0 Å². The average Bonchev–Trinajstić information content (AvgIpc) is 2.95. The van der Waals surface area contributed by atoms with E-state index in [4.69, 9.17) is 0 Å². The summed E-state index contributed by atoms with van der Waals surface area (Å²) in [6.45, 7) is 4.17. The maximum atomic E-state index is 12.0. The Bertz CT molecular complexity index is 628. The van der Waals surface area contributed by atoms with Gasteiger partial charge in [-0.05, 0) is 25.5 Å². The summed E-state index contributed by atoms with van der Waals surface area (Å²) in [4.78, 5) is 5.31. The topological polar surface area (TPSA) is 59.1 Å². The van der Waals surface area contributed by atoms with Gasteiger partial charge in [-0.3, -0.25) is 0 Å². The quantitative estimate of drug-likeness (QED) is 0.923. The van der Waals surface area contributed by atoms with Gasteiger partial charge in [-0.25, -0.2) is 18.1 Å². The predicted octanol–water partition coefficient (Wildman–Crippen LogP) is 2.55. The van der Waals surface area contributed by atoms with Gasteiger partial charge in [0.05, 0.1) is 12.2 Å². The van der Waals surface area contributed by atoms with Crippen molar-refractivity contribution >= 4 is 32.7 Å². The summed E-state index contributed by atoms with van der Waals surface area (Å²) in [6.07, 6.45) is 0.868. The molecule has 98 valence electrons. The van der Waals surface area contributed by atoms with E-state index in [9.17, 15) is 8.42 Å². The fraction of sp³-hybridized carbons (Fsp3) is 0.364. The first-order valence-corrected chi connectivity index (χ1v) is 8.68. The first kappa shape index (κ1) is 13.7. The standard InChI is InChI=1S/C11H14N2O2S3/c1-3-9-7-16-10(13-9)6-12-18(14,15)11-5-4-8(2)17-11/h4-5,7,12H,3,6H2,1-2H3. The highest BCUT2D eigenvalue weighted by atomic mass is 32.2. The summed E-state index contributed by atoms with van der Waals surface area (Å²) in [5.74, 6) is 0. The Morgan fingerprint density at radius 3 is 2.72 bits per heavy atom. The van der Waals surface area contributed by atoms with E-state index in [-0.39, 0.29) is 6.54 Å². The molecule has 0 aromatic carbocycles. The van der Waals surface area contributed by atoms with Gasteiger partial charge in [-0.1, -0.05) is 6.92 Å². The van der Waals surface area contributed by atoms with Gasteiger partial charge in [0.25, 0.3) is 0 Å². The zero-order chi connectivity index (χ0) is 13.2. The third-order valence-electron chi connectivity index (χ3n) is 2.36. The lowest BCUT2D eigenvalue weighted by atomic mass is 10.4. The highest BCUT2D eigenvalue weighted by molar-refractivity contribution is 7.91. The van der Waals surface area contributed by atoms with Crippen LogP contribution in [0.2, 0.25) is 0 Å². The lowest BCUT2D eigenvalue weighted by Gasteiger charge is -2.01. The van der Waals surface area contributed by atoms with Gasteiger partial charge in [-0.2, -0.15) is 0 Å². The van der Waals surface area contributed by atoms with E-state index in [2.05, 4.69) is 9.71 Å². The summed E-state index contributed by atoms with van der Waals surface area (Å²) in [6, 6.07) is 3.43. The van der Waals surface area contributed by atoms with Crippen molar-refractivity contribution < 1.29 is 8.42 Å². The van der Waals surface area contributed by atoms with Gasteiger partial charge in [-0.15, -0.1) is 22.7 Å². The maximum Gasteiger partial charge on any atom is 0.250 e. The van der Waals surface area contributed by atoms with E-state index in [1.807, 2.05) is 19.2 Å². The molecule has 0 amide bonds. The molecule has 7 heteroatoms. The van der Waals surface area contributed by atoms with Crippen LogP contribution in [-0.4, -0.2) is 13.4 Å². The van der Waals surface area contributed by atoms with E-state index < -0.39 is 10.0 Å². The number of rotatable bonds is 5. The first-order chi connectivity index (χ1) is 8.51. The molecule has 2 rings (SSSR count). The Balaban J connectivity index is 2.05. The second-order valence-electron chi connectivity index (χ2n) is 3.78. The number of hydrogen-bond acceptors (Lipinski definition) is 5. The Kier molecular flexibility index (Phi) is 4.16. The van der Waals surface area contributed by atoms with Crippen LogP contribution >= 0.6 is 22.7 Å². The van der Waals surface area contributed by atoms with Gasteiger partial charge in [0, 0.05) is 10.3 Å². The molecule has 0 atom stereocenters. The minimum Gasteiger partial charge on any atom is -0.245 e. The molecule has 0 bridgehead atoms. The van der Waals surface area contributed by atoms with Gasteiger partial charge < -0.3 is 0 Å². The van der Waals surface area contributed by atoms with E-state index in [0.29, 0.717) is 4.21 Å². The van der Waals surface area contributed by atoms with Crippen LogP contribution in [0.1, 0.15) is 22.5 Å². The molecule has 2 aromatic heterocycles. The molecule has 18 heavy (non-hydrogen) atoms. The highest BCUT2D eigenvalue weighted by Gasteiger charge is 2.16. The molecule has 0 aliphatic carbocycles. The summed E-state index contributed by atoms with van der Waals surface area (Å²) >= 11 is 2.75. The second kappa shape index (κ2) is 5.48. The van der Waals surface area contributed by atoms with E-state index in [1.165, 1.54) is 22.7 Å². The Labute approximate surface area is 115 Å². The monoisotopic (exact) mass is 302 g/mol. The van der Waals surface area contributed by atoms with Crippen LogP contribution in [0, 0.1) is 6.92 Å². The minimum atomic E-state index is -3.40. The van der Waals surface area contributed by atoms with E-state index >= 15 is 0 Å². The molecule has 2 heterocycles. The number of nitrogens with one attached hydrogen (secondary N) is 1. The van der Waals surface area contributed by atoms with Crippen molar-refractivity contribution in [1.82, 2.24) is 9.71 Å². The second-order valence-corrected chi connectivity index (χ2v) is 8.00. The molecule has 0 spiro atoms. The van der Waals surface area contributed by atoms with Gasteiger partial charge >= 0.3 is 0 Å². The van der Waals surface area contributed by atoms with Crippen molar-refractivity contribution in [3.63, 3.8) is 0 Å². The number of nitrogens with zero attached hydrogens (tertiary/aromatic N) is 1. The average molecular weight is 302 g/mol. The molecule has 0 fully saturated rings. The fourth-order valence-electron chi connectivity index (χ4n) is 1.38. The van der Waals surface area contributed by atoms with Crippen LogP contribution in [0.15, 0.2) is 21.7 Å².